The minimum atomic E-state index is -1.25. The third-order valence-electron chi connectivity index (χ3n) is 10.3. The summed E-state index contributed by atoms with van der Waals surface area (Å²) in [6, 6.07) is 9.77. The van der Waals surface area contributed by atoms with Crippen LogP contribution in [0.1, 0.15) is 67.4 Å². The first-order valence-electron chi connectivity index (χ1n) is 17.3. The highest BCUT2D eigenvalue weighted by atomic mass is 16.5. The Hall–Kier alpha value is -3.93. The molecule has 2 amide bonds. The van der Waals surface area contributed by atoms with E-state index in [1.807, 2.05) is 24.3 Å². The lowest BCUT2D eigenvalue weighted by atomic mass is 9.75. The second-order valence-electron chi connectivity index (χ2n) is 13.7. The number of hydrogen-bond acceptors (Lipinski definition) is 9. The van der Waals surface area contributed by atoms with Crippen molar-refractivity contribution in [2.75, 3.05) is 40.5 Å². The van der Waals surface area contributed by atoms with Crippen molar-refractivity contribution in [1.82, 2.24) is 10.2 Å². The number of methoxy groups -OCH3 is 2. The summed E-state index contributed by atoms with van der Waals surface area (Å²) < 4.78 is 23.9. The van der Waals surface area contributed by atoms with Gasteiger partial charge in [0.15, 0.2) is 11.5 Å². The predicted octanol–water partition coefficient (Wildman–Crippen LogP) is 3.69. The van der Waals surface area contributed by atoms with Crippen LogP contribution >= 0.6 is 0 Å². The number of carbonyl (C=O) groups is 3. The lowest BCUT2D eigenvalue weighted by molar-refractivity contribution is -0.147. The number of amides is 2. The van der Waals surface area contributed by atoms with E-state index in [0.717, 1.165) is 24.8 Å². The molecule has 49 heavy (non-hydrogen) atoms. The molecular formula is C38H50N2O9. The van der Waals surface area contributed by atoms with Gasteiger partial charge in [0.25, 0.3) is 0 Å². The van der Waals surface area contributed by atoms with Gasteiger partial charge in [-0.15, -0.1) is 0 Å². The maximum atomic E-state index is 14.3. The first-order chi connectivity index (χ1) is 23.6. The van der Waals surface area contributed by atoms with Crippen LogP contribution < -0.4 is 19.5 Å². The number of nitrogens with one attached hydrogen (secondary N) is 1. The minimum Gasteiger partial charge on any atom is -0.496 e. The zero-order valence-electron chi connectivity index (χ0n) is 29.1. The highest BCUT2D eigenvalue weighted by molar-refractivity contribution is 5.96. The van der Waals surface area contributed by atoms with Crippen LogP contribution in [0.25, 0.3) is 0 Å². The monoisotopic (exact) mass is 678 g/mol. The quantitative estimate of drug-likeness (QED) is 0.255. The molecule has 7 atom stereocenters. The lowest BCUT2D eigenvalue weighted by Gasteiger charge is -2.41. The van der Waals surface area contributed by atoms with Gasteiger partial charge in [-0.05, 0) is 66.9 Å². The normalized spacial score (nSPS) is 25.8. The van der Waals surface area contributed by atoms with Gasteiger partial charge in [0, 0.05) is 29.8 Å². The summed E-state index contributed by atoms with van der Waals surface area (Å²) in [5.41, 5.74) is 1.99. The zero-order valence-corrected chi connectivity index (χ0v) is 29.1. The van der Waals surface area contributed by atoms with Gasteiger partial charge in [0.1, 0.15) is 30.9 Å². The molecule has 2 aromatic rings. The fourth-order valence-corrected chi connectivity index (χ4v) is 7.72. The molecule has 2 aliphatic carbocycles. The summed E-state index contributed by atoms with van der Waals surface area (Å²) in [4.78, 5) is 41.4. The highest BCUT2D eigenvalue weighted by Crippen LogP contribution is 2.51. The molecule has 3 N–H and O–H groups in total. The number of ether oxygens (including phenoxy) is 4. The van der Waals surface area contributed by atoms with Crippen LogP contribution in [-0.4, -0.2) is 98.1 Å². The van der Waals surface area contributed by atoms with Crippen molar-refractivity contribution in [3.05, 3.63) is 64.7 Å². The van der Waals surface area contributed by atoms with Crippen LogP contribution in [0.3, 0.4) is 0 Å². The molecule has 1 fully saturated rings. The van der Waals surface area contributed by atoms with E-state index >= 15 is 0 Å². The summed E-state index contributed by atoms with van der Waals surface area (Å²) in [7, 11) is 3.05. The third-order valence-corrected chi connectivity index (χ3v) is 10.3. The van der Waals surface area contributed by atoms with Gasteiger partial charge in [0.2, 0.25) is 11.8 Å². The summed E-state index contributed by atoms with van der Waals surface area (Å²) in [5.74, 6) is 0.993. The smallest absolute Gasteiger partial charge is 0.249 e. The number of nitrogens with zero attached hydrogens (tertiary/aromatic N) is 1. The molecule has 3 aliphatic rings. The Morgan fingerprint density at radius 2 is 1.88 bits per heavy atom. The van der Waals surface area contributed by atoms with Gasteiger partial charge >= 0.3 is 0 Å². The molecular weight excluding hydrogens is 628 g/mol. The molecule has 5 rings (SSSR count). The molecule has 0 bridgehead atoms. The van der Waals surface area contributed by atoms with E-state index in [0.29, 0.717) is 58.8 Å². The molecule has 11 nitrogen and oxygen atoms in total. The van der Waals surface area contributed by atoms with Gasteiger partial charge < -0.3 is 39.4 Å². The highest BCUT2D eigenvalue weighted by Gasteiger charge is 2.51. The van der Waals surface area contributed by atoms with Gasteiger partial charge in [-0.25, -0.2) is 0 Å². The Labute approximate surface area is 288 Å². The SMILES string of the molecule is COc1ccccc1CCN(C(=O)CO[C@H]1C[C@@H](C)CC[C@@H]1C(C)C)[C@@H]1C=C(C(=O)NCCO)[C@@H]2c3cc(C=O)cc(OC)c3O[C@@H]2[C@H]1O. The van der Waals surface area contributed by atoms with Gasteiger partial charge in [-0.3, -0.25) is 14.4 Å². The third kappa shape index (κ3) is 7.79. The maximum Gasteiger partial charge on any atom is 0.249 e. The van der Waals surface area contributed by atoms with E-state index in [-0.39, 0.29) is 43.9 Å². The Bertz CT molecular complexity index is 1520. The number of rotatable bonds is 14. The Balaban J connectivity index is 1.52. The van der Waals surface area contributed by atoms with Crippen LogP contribution in [0.2, 0.25) is 0 Å². The first kappa shape index (κ1) is 36.4. The Morgan fingerprint density at radius 3 is 2.57 bits per heavy atom. The Morgan fingerprint density at radius 1 is 1.12 bits per heavy atom. The van der Waals surface area contributed by atoms with Gasteiger partial charge in [0.05, 0.1) is 38.9 Å². The molecule has 0 unspecified atom stereocenters. The van der Waals surface area contributed by atoms with Crippen LogP contribution in [0.15, 0.2) is 48.0 Å². The second-order valence-corrected chi connectivity index (χ2v) is 13.7. The standard InChI is InChI=1S/C38H50N2O9/c1-22(2)26-11-10-23(3)16-31(26)48-21-33(43)40(14-12-25-8-6-7-9-30(25)46-4)29-19-28(38(45)39-13-15-41)34-27-17-24(20-42)18-32(47-5)36(27)49-37(34)35(29)44/h6-9,17-20,22-23,26,29,31,34-35,37,41,44H,10-16,21H2,1-5H3,(H,39,45)/t23-,26+,29+,31-,34-,35-,37-/m0/s1. The number of fused-ring (bicyclic) bond motifs is 3. The van der Waals surface area contributed by atoms with Crippen molar-refractivity contribution >= 4 is 18.1 Å². The summed E-state index contributed by atoms with van der Waals surface area (Å²) in [6.45, 7) is 6.35. The fourth-order valence-electron chi connectivity index (χ4n) is 7.72. The maximum absolute atomic E-state index is 14.3. The average molecular weight is 679 g/mol. The number of carbonyl (C=O) groups excluding carboxylic acids is 3. The van der Waals surface area contributed by atoms with Gasteiger partial charge in [-0.1, -0.05) is 45.4 Å². The molecule has 0 saturated heterocycles. The fraction of sp³-hybridized carbons (Fsp3) is 0.553. The number of aliphatic hydroxyl groups excluding tert-OH is 2. The number of aliphatic hydroxyl groups is 2. The molecule has 1 saturated carbocycles. The van der Waals surface area contributed by atoms with Gasteiger partial charge in [-0.2, -0.15) is 0 Å². The summed E-state index contributed by atoms with van der Waals surface area (Å²) in [5, 5.41) is 24.3. The van der Waals surface area contributed by atoms with E-state index in [2.05, 4.69) is 26.1 Å². The zero-order chi connectivity index (χ0) is 35.2. The van der Waals surface area contributed by atoms with Crippen molar-refractivity contribution in [3.8, 4) is 17.2 Å². The van der Waals surface area contributed by atoms with Crippen LogP contribution in [0.5, 0.6) is 17.2 Å². The molecule has 0 radical (unpaired) electrons. The predicted molar refractivity (Wildman–Crippen MR) is 183 cm³/mol. The van der Waals surface area contributed by atoms with E-state index in [9.17, 15) is 24.6 Å². The van der Waals surface area contributed by atoms with Crippen molar-refractivity contribution < 1.29 is 43.5 Å². The lowest BCUT2D eigenvalue weighted by Crippen LogP contribution is -2.57. The van der Waals surface area contributed by atoms with E-state index in [1.54, 1.807) is 30.2 Å². The van der Waals surface area contributed by atoms with Crippen LogP contribution in [0.4, 0.5) is 0 Å². The molecule has 11 heteroatoms. The molecule has 1 heterocycles. The van der Waals surface area contributed by atoms with Crippen LogP contribution in [-0.2, 0) is 20.7 Å². The molecule has 1 aliphatic heterocycles. The van der Waals surface area contributed by atoms with E-state index in [1.165, 1.54) is 7.11 Å². The van der Waals surface area contributed by atoms with Crippen LogP contribution in [0, 0.1) is 17.8 Å². The summed E-state index contributed by atoms with van der Waals surface area (Å²) in [6.07, 6.45) is 3.48. The number of aldehydes is 1. The Kier molecular flexibility index (Phi) is 12.0. The average Bonchev–Trinajstić information content (AvgIpc) is 3.50. The second kappa shape index (κ2) is 16.2. The van der Waals surface area contributed by atoms with Crippen molar-refractivity contribution in [2.45, 2.75) is 76.7 Å². The number of benzene rings is 2. The van der Waals surface area contributed by atoms with E-state index < -0.39 is 30.1 Å². The van der Waals surface area contributed by atoms with E-state index in [4.69, 9.17) is 18.9 Å². The van der Waals surface area contributed by atoms with Crippen molar-refractivity contribution in [1.29, 1.82) is 0 Å². The molecule has 0 aromatic heterocycles. The number of para-hydroxylation sites is 1. The van der Waals surface area contributed by atoms with Crippen molar-refractivity contribution in [3.63, 3.8) is 0 Å². The molecule has 266 valence electrons. The number of hydrogen-bond donors (Lipinski definition) is 3. The topological polar surface area (TPSA) is 144 Å². The molecule has 2 aromatic carbocycles. The minimum absolute atomic E-state index is 0.00725. The first-order valence-corrected chi connectivity index (χ1v) is 17.3. The largest absolute Gasteiger partial charge is 0.496 e. The summed E-state index contributed by atoms with van der Waals surface area (Å²) >= 11 is 0. The van der Waals surface area contributed by atoms with Crippen molar-refractivity contribution in [2.24, 2.45) is 17.8 Å². The molecule has 0 spiro atoms.